The van der Waals surface area contributed by atoms with Gasteiger partial charge in [0.05, 0.1) is 12.3 Å². The minimum atomic E-state index is -3.91. The SMILES string of the molecule is CC1CCn2ncc(S(=O)(=O)CC(=O)Cc3c(C(C)C)cc(F)cc3C(C)C)c2O1. The Bertz CT molecular complexity index is 1030. The predicted molar refractivity (Wildman–Crippen MR) is 112 cm³/mol. The number of Topliss-reactive ketones (excluding diaryl/α,β-unsaturated/α-hetero) is 1. The van der Waals surface area contributed by atoms with Crippen LogP contribution in [0.1, 0.15) is 69.6 Å². The van der Waals surface area contributed by atoms with E-state index in [9.17, 15) is 17.6 Å². The second-order valence-corrected chi connectivity index (χ2v) is 10.6. The summed E-state index contributed by atoms with van der Waals surface area (Å²) in [5, 5.41) is 4.09. The second-order valence-electron chi connectivity index (χ2n) is 8.60. The van der Waals surface area contributed by atoms with Gasteiger partial charge in [0.15, 0.2) is 15.6 Å². The van der Waals surface area contributed by atoms with Crippen LogP contribution in [-0.2, 0) is 27.6 Å². The van der Waals surface area contributed by atoms with Crippen LogP contribution in [0, 0.1) is 5.82 Å². The molecular formula is C22H29FN2O4S. The first-order valence-electron chi connectivity index (χ1n) is 10.3. The number of benzene rings is 1. The molecule has 1 unspecified atom stereocenters. The predicted octanol–water partition coefficient (Wildman–Crippen LogP) is 4.03. The molecule has 0 radical (unpaired) electrons. The molecule has 3 rings (SSSR count). The van der Waals surface area contributed by atoms with Gasteiger partial charge < -0.3 is 4.74 Å². The number of ether oxygens (including phenoxy) is 1. The number of sulfone groups is 1. The van der Waals surface area contributed by atoms with Crippen molar-refractivity contribution in [2.24, 2.45) is 0 Å². The summed E-state index contributed by atoms with van der Waals surface area (Å²) in [6.45, 7) is 10.2. The van der Waals surface area contributed by atoms with E-state index in [-0.39, 0.29) is 41.0 Å². The van der Waals surface area contributed by atoms with Crippen molar-refractivity contribution >= 4 is 15.6 Å². The topological polar surface area (TPSA) is 78.3 Å². The van der Waals surface area contributed by atoms with Crippen molar-refractivity contribution < 1.29 is 22.3 Å². The van der Waals surface area contributed by atoms with Crippen molar-refractivity contribution in [3.63, 3.8) is 0 Å². The van der Waals surface area contributed by atoms with E-state index < -0.39 is 21.4 Å². The number of carbonyl (C=O) groups is 1. The number of hydrogen-bond donors (Lipinski definition) is 0. The normalized spacial score (nSPS) is 16.6. The number of rotatable bonds is 7. The maximum Gasteiger partial charge on any atom is 0.231 e. The van der Waals surface area contributed by atoms with Crippen LogP contribution in [0.4, 0.5) is 4.39 Å². The fraction of sp³-hybridized carbons (Fsp3) is 0.545. The molecule has 164 valence electrons. The highest BCUT2D eigenvalue weighted by atomic mass is 32.2. The smallest absolute Gasteiger partial charge is 0.231 e. The first-order valence-corrected chi connectivity index (χ1v) is 11.9. The van der Waals surface area contributed by atoms with Crippen molar-refractivity contribution in [1.29, 1.82) is 0 Å². The van der Waals surface area contributed by atoms with Gasteiger partial charge in [-0.1, -0.05) is 27.7 Å². The van der Waals surface area contributed by atoms with Crippen molar-refractivity contribution in [2.45, 2.75) is 76.8 Å². The highest BCUT2D eigenvalue weighted by Crippen LogP contribution is 2.32. The van der Waals surface area contributed by atoms with Gasteiger partial charge in [0.1, 0.15) is 16.5 Å². The molecule has 0 saturated carbocycles. The van der Waals surface area contributed by atoms with Crippen LogP contribution in [0.5, 0.6) is 5.88 Å². The van der Waals surface area contributed by atoms with Gasteiger partial charge in [-0.2, -0.15) is 5.10 Å². The molecule has 0 bridgehead atoms. The van der Waals surface area contributed by atoms with Crippen molar-refractivity contribution in [3.05, 3.63) is 40.8 Å². The number of ketones is 1. The number of fused-ring (bicyclic) bond motifs is 1. The third kappa shape index (κ3) is 4.58. The largest absolute Gasteiger partial charge is 0.474 e. The molecule has 0 fully saturated rings. The Kier molecular flexibility index (Phi) is 6.36. The monoisotopic (exact) mass is 436 g/mol. The summed E-state index contributed by atoms with van der Waals surface area (Å²) in [7, 11) is -3.91. The third-order valence-corrected chi connectivity index (χ3v) is 7.06. The maximum absolute atomic E-state index is 14.1. The van der Waals surface area contributed by atoms with Crippen molar-refractivity contribution in [3.8, 4) is 5.88 Å². The van der Waals surface area contributed by atoms with Crippen molar-refractivity contribution in [2.75, 3.05) is 5.75 Å². The molecule has 0 saturated heterocycles. The Morgan fingerprint density at radius 3 is 2.40 bits per heavy atom. The minimum absolute atomic E-state index is 0.00943. The van der Waals surface area contributed by atoms with Gasteiger partial charge in [-0.15, -0.1) is 0 Å². The Labute approximate surface area is 177 Å². The Hall–Kier alpha value is -2.22. The first-order chi connectivity index (χ1) is 14.0. The molecule has 8 heteroatoms. The fourth-order valence-corrected chi connectivity index (χ4v) is 5.16. The lowest BCUT2D eigenvalue weighted by Gasteiger charge is -2.22. The number of halogens is 1. The Balaban J connectivity index is 1.89. The van der Waals surface area contributed by atoms with E-state index in [4.69, 9.17) is 4.74 Å². The summed E-state index contributed by atoms with van der Waals surface area (Å²) in [6, 6.07) is 2.88. The molecule has 1 aliphatic rings. The van der Waals surface area contributed by atoms with Crippen LogP contribution in [0.25, 0.3) is 0 Å². The summed E-state index contributed by atoms with van der Waals surface area (Å²) >= 11 is 0. The second kappa shape index (κ2) is 8.49. The Morgan fingerprint density at radius 2 is 1.83 bits per heavy atom. The van der Waals surface area contributed by atoms with E-state index >= 15 is 0 Å². The molecule has 1 aliphatic heterocycles. The van der Waals surface area contributed by atoms with Crippen LogP contribution < -0.4 is 4.74 Å². The molecule has 2 heterocycles. The zero-order chi connectivity index (χ0) is 22.2. The van der Waals surface area contributed by atoms with Gasteiger partial charge in [-0.3, -0.25) is 4.79 Å². The molecular weight excluding hydrogens is 407 g/mol. The minimum Gasteiger partial charge on any atom is -0.474 e. The molecule has 30 heavy (non-hydrogen) atoms. The van der Waals surface area contributed by atoms with Gasteiger partial charge in [0.25, 0.3) is 0 Å². The first kappa shape index (κ1) is 22.5. The number of nitrogens with zero attached hydrogens (tertiary/aromatic N) is 2. The third-order valence-electron chi connectivity index (χ3n) is 5.41. The van der Waals surface area contributed by atoms with E-state index in [1.165, 1.54) is 23.0 Å². The Morgan fingerprint density at radius 1 is 1.23 bits per heavy atom. The average molecular weight is 437 g/mol. The van der Waals surface area contributed by atoms with Gasteiger partial charge in [0, 0.05) is 19.4 Å². The maximum atomic E-state index is 14.1. The van der Waals surface area contributed by atoms with E-state index in [1.807, 2.05) is 34.6 Å². The van der Waals surface area contributed by atoms with Crippen LogP contribution in [-0.4, -0.2) is 35.8 Å². The van der Waals surface area contributed by atoms with Crippen LogP contribution in [0.3, 0.4) is 0 Å². The summed E-state index contributed by atoms with van der Waals surface area (Å²) in [5.41, 5.74) is 2.21. The molecule has 6 nitrogen and oxygen atoms in total. The van der Waals surface area contributed by atoms with Crippen LogP contribution >= 0.6 is 0 Å². The lowest BCUT2D eigenvalue weighted by molar-refractivity contribution is -0.116. The standard InChI is InChI=1S/C22H29FN2O4S/c1-13(2)18-8-16(23)9-19(14(3)4)20(18)10-17(26)12-30(27,28)21-11-24-25-7-6-15(5)29-22(21)25/h8-9,11,13-15H,6-7,10,12H2,1-5H3. The van der Waals surface area contributed by atoms with Crippen molar-refractivity contribution in [1.82, 2.24) is 9.78 Å². The molecule has 2 aromatic rings. The van der Waals surface area contributed by atoms with Gasteiger partial charge >= 0.3 is 0 Å². The average Bonchev–Trinajstić information content (AvgIpc) is 3.05. The van der Waals surface area contributed by atoms with Gasteiger partial charge in [-0.05, 0) is 47.6 Å². The zero-order valence-corrected chi connectivity index (χ0v) is 18.9. The zero-order valence-electron chi connectivity index (χ0n) is 18.1. The molecule has 1 aromatic heterocycles. The highest BCUT2D eigenvalue weighted by molar-refractivity contribution is 7.92. The summed E-state index contributed by atoms with van der Waals surface area (Å²) in [5.74, 6) is -1.20. The number of carbonyl (C=O) groups excluding carboxylic acids is 1. The van der Waals surface area contributed by atoms with Gasteiger partial charge in [-0.25, -0.2) is 17.5 Å². The lowest BCUT2D eigenvalue weighted by Crippen LogP contribution is -2.25. The summed E-state index contributed by atoms with van der Waals surface area (Å²) in [6.07, 6.45) is 1.84. The molecule has 0 aliphatic carbocycles. The van der Waals surface area contributed by atoms with E-state index in [1.54, 1.807) is 0 Å². The molecule has 0 spiro atoms. The lowest BCUT2D eigenvalue weighted by atomic mass is 9.86. The van der Waals surface area contributed by atoms with Gasteiger partial charge in [0.2, 0.25) is 5.88 Å². The summed E-state index contributed by atoms with van der Waals surface area (Å²) in [4.78, 5) is 12.8. The quantitative estimate of drug-likeness (QED) is 0.655. The number of aromatic nitrogens is 2. The molecule has 1 atom stereocenters. The van der Waals surface area contributed by atoms with Crippen LogP contribution in [0.2, 0.25) is 0 Å². The fourth-order valence-electron chi connectivity index (χ4n) is 3.85. The van der Waals surface area contributed by atoms with E-state index in [0.717, 1.165) is 23.1 Å². The summed E-state index contributed by atoms with van der Waals surface area (Å²) < 4.78 is 47.2. The highest BCUT2D eigenvalue weighted by Gasteiger charge is 2.31. The number of aryl methyl sites for hydroxylation is 1. The van der Waals surface area contributed by atoms with E-state index in [0.29, 0.717) is 6.54 Å². The van der Waals surface area contributed by atoms with Crippen LogP contribution in [0.15, 0.2) is 23.2 Å². The van der Waals surface area contributed by atoms with E-state index in [2.05, 4.69) is 5.10 Å². The number of hydrogen-bond acceptors (Lipinski definition) is 5. The molecule has 1 aromatic carbocycles. The molecule has 0 N–H and O–H groups in total. The molecule has 0 amide bonds.